The molecule has 15 heavy (non-hydrogen) atoms. The number of esters is 1. The SMILES string of the molecule is COC(=O)/C=C/C(=O)Nc1nnc(C)s1. The largest absolute Gasteiger partial charge is 0.466 e. The number of aryl methyl sites for hydroxylation is 1. The third-order valence-corrected chi connectivity index (χ3v) is 2.08. The molecule has 0 spiro atoms. The van der Waals surface area contributed by atoms with Crippen molar-refractivity contribution in [3.05, 3.63) is 17.2 Å². The smallest absolute Gasteiger partial charge is 0.330 e. The van der Waals surface area contributed by atoms with E-state index in [2.05, 4.69) is 20.3 Å². The topological polar surface area (TPSA) is 81.2 Å². The van der Waals surface area contributed by atoms with Crippen LogP contribution in [0.4, 0.5) is 5.13 Å². The Kier molecular flexibility index (Phi) is 3.92. The molecular weight excluding hydrogens is 218 g/mol. The summed E-state index contributed by atoms with van der Waals surface area (Å²) in [5.41, 5.74) is 0. The second-order valence-corrected chi connectivity index (χ2v) is 3.65. The molecule has 7 heteroatoms. The van der Waals surface area contributed by atoms with Crippen molar-refractivity contribution in [1.29, 1.82) is 0 Å². The van der Waals surface area contributed by atoms with Crippen molar-refractivity contribution in [2.75, 3.05) is 12.4 Å². The fourth-order valence-electron chi connectivity index (χ4n) is 0.706. The summed E-state index contributed by atoms with van der Waals surface area (Å²) in [6, 6.07) is 0. The van der Waals surface area contributed by atoms with Gasteiger partial charge in [0.15, 0.2) is 0 Å². The maximum atomic E-state index is 11.2. The van der Waals surface area contributed by atoms with E-state index in [9.17, 15) is 9.59 Å². The summed E-state index contributed by atoms with van der Waals surface area (Å²) in [5, 5.41) is 11.0. The number of methoxy groups -OCH3 is 1. The minimum atomic E-state index is -0.585. The molecule has 6 nitrogen and oxygen atoms in total. The van der Waals surface area contributed by atoms with E-state index in [1.807, 2.05) is 0 Å². The van der Waals surface area contributed by atoms with E-state index in [0.717, 1.165) is 17.2 Å². The predicted molar refractivity (Wildman–Crippen MR) is 54.4 cm³/mol. The van der Waals surface area contributed by atoms with Crippen LogP contribution in [-0.2, 0) is 14.3 Å². The third-order valence-electron chi connectivity index (χ3n) is 1.33. The lowest BCUT2D eigenvalue weighted by Gasteiger charge is -1.93. The molecule has 1 aromatic heterocycles. The predicted octanol–water partition coefficient (Wildman–Crippen LogP) is 0.514. The Bertz CT molecular complexity index is 400. The van der Waals surface area contributed by atoms with Crippen molar-refractivity contribution in [1.82, 2.24) is 10.2 Å². The molecule has 0 aliphatic heterocycles. The molecule has 0 atom stereocenters. The van der Waals surface area contributed by atoms with Crippen LogP contribution in [0, 0.1) is 6.92 Å². The maximum absolute atomic E-state index is 11.2. The minimum Gasteiger partial charge on any atom is -0.466 e. The number of ether oxygens (including phenoxy) is 1. The third kappa shape index (κ3) is 3.86. The highest BCUT2D eigenvalue weighted by Crippen LogP contribution is 2.13. The Morgan fingerprint density at radius 3 is 2.67 bits per heavy atom. The summed E-state index contributed by atoms with van der Waals surface area (Å²) < 4.78 is 4.32. The van der Waals surface area contributed by atoms with Gasteiger partial charge in [-0.3, -0.25) is 10.1 Å². The van der Waals surface area contributed by atoms with Gasteiger partial charge in [0.1, 0.15) is 5.01 Å². The van der Waals surface area contributed by atoms with E-state index in [4.69, 9.17) is 0 Å². The number of aromatic nitrogens is 2. The molecule has 0 radical (unpaired) electrons. The standard InChI is InChI=1S/C8H9N3O3S/c1-5-10-11-8(15-5)9-6(12)3-4-7(13)14-2/h3-4H,1-2H3,(H,9,11,12)/b4-3+. The number of rotatable bonds is 3. The lowest BCUT2D eigenvalue weighted by molar-refractivity contribution is -0.135. The van der Waals surface area contributed by atoms with Crippen molar-refractivity contribution in [3.8, 4) is 0 Å². The average Bonchev–Trinajstić information content (AvgIpc) is 2.60. The van der Waals surface area contributed by atoms with Gasteiger partial charge in [-0.25, -0.2) is 4.79 Å². The van der Waals surface area contributed by atoms with Crippen LogP contribution in [0.15, 0.2) is 12.2 Å². The molecule has 0 aliphatic carbocycles. The van der Waals surface area contributed by atoms with E-state index >= 15 is 0 Å². The highest BCUT2D eigenvalue weighted by atomic mass is 32.1. The first kappa shape index (κ1) is 11.3. The van der Waals surface area contributed by atoms with Crippen LogP contribution in [-0.4, -0.2) is 29.2 Å². The van der Waals surface area contributed by atoms with Gasteiger partial charge in [-0.15, -0.1) is 10.2 Å². The average molecular weight is 227 g/mol. The van der Waals surface area contributed by atoms with E-state index in [-0.39, 0.29) is 0 Å². The van der Waals surface area contributed by atoms with Crippen molar-refractivity contribution < 1.29 is 14.3 Å². The lowest BCUT2D eigenvalue weighted by Crippen LogP contribution is -2.08. The highest BCUT2D eigenvalue weighted by molar-refractivity contribution is 7.15. The summed E-state index contributed by atoms with van der Waals surface area (Å²) in [6.45, 7) is 1.78. The first-order chi connectivity index (χ1) is 7.11. The zero-order valence-electron chi connectivity index (χ0n) is 8.18. The fraction of sp³-hybridized carbons (Fsp3) is 0.250. The summed E-state index contributed by atoms with van der Waals surface area (Å²) in [4.78, 5) is 21.8. The molecule has 1 N–H and O–H groups in total. The zero-order chi connectivity index (χ0) is 11.3. The van der Waals surface area contributed by atoms with Gasteiger partial charge in [-0.2, -0.15) is 0 Å². The number of amides is 1. The zero-order valence-corrected chi connectivity index (χ0v) is 9.00. The molecule has 80 valence electrons. The Morgan fingerprint density at radius 1 is 1.40 bits per heavy atom. The normalized spacial score (nSPS) is 10.3. The van der Waals surface area contributed by atoms with Gasteiger partial charge in [0.2, 0.25) is 11.0 Å². The van der Waals surface area contributed by atoms with Crippen molar-refractivity contribution in [2.24, 2.45) is 0 Å². The van der Waals surface area contributed by atoms with Gasteiger partial charge in [-0.05, 0) is 6.92 Å². The summed E-state index contributed by atoms with van der Waals surface area (Å²) in [5.74, 6) is -1.03. The molecule has 0 unspecified atom stereocenters. The summed E-state index contributed by atoms with van der Waals surface area (Å²) in [7, 11) is 1.23. The van der Waals surface area contributed by atoms with Gasteiger partial charge >= 0.3 is 5.97 Å². The Balaban J connectivity index is 2.50. The van der Waals surface area contributed by atoms with E-state index < -0.39 is 11.9 Å². The quantitative estimate of drug-likeness (QED) is 0.601. The van der Waals surface area contributed by atoms with Crippen LogP contribution in [0.5, 0.6) is 0 Å². The molecule has 0 bridgehead atoms. The van der Waals surface area contributed by atoms with E-state index in [0.29, 0.717) is 5.13 Å². The first-order valence-corrected chi connectivity index (χ1v) is 4.80. The van der Waals surface area contributed by atoms with Crippen LogP contribution in [0.2, 0.25) is 0 Å². The maximum Gasteiger partial charge on any atom is 0.330 e. The minimum absolute atomic E-state index is 0.395. The van der Waals surface area contributed by atoms with Gasteiger partial charge in [0.05, 0.1) is 7.11 Å². The number of hydrogen-bond acceptors (Lipinski definition) is 6. The van der Waals surface area contributed by atoms with Gasteiger partial charge < -0.3 is 4.74 Å². The van der Waals surface area contributed by atoms with Crippen molar-refractivity contribution in [3.63, 3.8) is 0 Å². The van der Waals surface area contributed by atoms with Crippen molar-refractivity contribution in [2.45, 2.75) is 6.92 Å². The molecule has 1 aromatic rings. The molecule has 1 heterocycles. The molecule has 1 amide bonds. The van der Waals surface area contributed by atoms with Crippen LogP contribution in [0.1, 0.15) is 5.01 Å². The van der Waals surface area contributed by atoms with Crippen LogP contribution in [0.25, 0.3) is 0 Å². The lowest BCUT2D eigenvalue weighted by atomic mass is 10.5. The molecular formula is C8H9N3O3S. The number of carbonyl (C=O) groups excluding carboxylic acids is 2. The molecule has 1 rings (SSSR count). The Labute approximate surface area is 90.0 Å². The van der Waals surface area contributed by atoms with Gasteiger partial charge in [0, 0.05) is 12.2 Å². The second kappa shape index (κ2) is 5.20. The highest BCUT2D eigenvalue weighted by Gasteiger charge is 2.03. The van der Waals surface area contributed by atoms with Crippen molar-refractivity contribution >= 4 is 28.3 Å². The summed E-state index contributed by atoms with van der Waals surface area (Å²) in [6.07, 6.45) is 2.10. The number of nitrogens with zero attached hydrogens (tertiary/aromatic N) is 2. The fourth-order valence-corrected chi connectivity index (χ4v) is 1.30. The number of anilines is 1. The Morgan fingerprint density at radius 2 is 2.13 bits per heavy atom. The first-order valence-electron chi connectivity index (χ1n) is 3.99. The number of carbonyl (C=O) groups is 2. The number of nitrogens with one attached hydrogen (secondary N) is 1. The summed E-state index contributed by atoms with van der Waals surface area (Å²) >= 11 is 1.25. The monoisotopic (exact) mass is 227 g/mol. The van der Waals surface area contributed by atoms with Gasteiger partial charge in [0.25, 0.3) is 0 Å². The second-order valence-electron chi connectivity index (χ2n) is 2.47. The van der Waals surface area contributed by atoms with Gasteiger partial charge in [-0.1, -0.05) is 11.3 Å². The molecule has 0 aliphatic rings. The van der Waals surface area contributed by atoms with Crippen LogP contribution < -0.4 is 5.32 Å². The molecule has 0 fully saturated rings. The molecule has 0 aromatic carbocycles. The van der Waals surface area contributed by atoms with Crippen LogP contribution in [0.3, 0.4) is 0 Å². The molecule has 0 saturated heterocycles. The molecule has 0 saturated carbocycles. The van der Waals surface area contributed by atoms with E-state index in [1.54, 1.807) is 6.92 Å². The number of hydrogen-bond donors (Lipinski definition) is 1. The van der Waals surface area contributed by atoms with Crippen LogP contribution >= 0.6 is 11.3 Å². The Hall–Kier alpha value is -1.76. The van der Waals surface area contributed by atoms with E-state index in [1.165, 1.54) is 18.4 Å².